The van der Waals surface area contributed by atoms with E-state index in [4.69, 9.17) is 10.5 Å². The predicted octanol–water partition coefficient (Wildman–Crippen LogP) is 4.30. The lowest BCUT2D eigenvalue weighted by Gasteiger charge is -2.40. The van der Waals surface area contributed by atoms with Gasteiger partial charge in [-0.1, -0.05) is 110 Å². The van der Waals surface area contributed by atoms with E-state index in [9.17, 15) is 67.7 Å². The van der Waals surface area contributed by atoms with Crippen molar-refractivity contribution in [3.05, 3.63) is 102 Å². The highest BCUT2D eigenvalue weighted by Gasteiger charge is 2.43. The summed E-state index contributed by atoms with van der Waals surface area (Å²) in [6, 6.07) is 15.6. The van der Waals surface area contributed by atoms with Crippen LogP contribution in [0.5, 0.6) is 0 Å². The zero-order chi connectivity index (χ0) is 73.0. The molecule has 99 heavy (non-hydrogen) atoms. The van der Waals surface area contributed by atoms with Crippen LogP contribution in [0.15, 0.2) is 91.0 Å². The second-order valence-electron chi connectivity index (χ2n) is 26.2. The Kier molecular flexibility index (Phi) is 32.4. The lowest BCUT2D eigenvalue weighted by atomic mass is 9.89. The minimum atomic E-state index is -1.37. The number of imide groups is 1. The minimum absolute atomic E-state index is 0.0360. The smallest absolute Gasteiger partial charge is 0.411 e. The van der Waals surface area contributed by atoms with Crippen LogP contribution in [0.25, 0.3) is 0 Å². The number of unbranched alkanes of at least 4 members (excludes halogenated alkanes) is 2. The van der Waals surface area contributed by atoms with Gasteiger partial charge in [0.2, 0.25) is 47.3 Å². The maximum Gasteiger partial charge on any atom is 0.411 e. The van der Waals surface area contributed by atoms with E-state index < -0.39 is 108 Å². The van der Waals surface area contributed by atoms with Gasteiger partial charge in [0, 0.05) is 68.7 Å². The van der Waals surface area contributed by atoms with Gasteiger partial charge in [0.1, 0.15) is 24.7 Å². The molecule has 3 aromatic rings. The molecule has 3 aromatic carbocycles. The zero-order valence-electron chi connectivity index (χ0n) is 58.7. The molecule has 542 valence electrons. The summed E-state index contributed by atoms with van der Waals surface area (Å²) in [5.41, 5.74) is 7.46. The first-order chi connectivity index (χ1) is 47.0. The van der Waals surface area contributed by atoms with E-state index in [1.165, 1.54) is 41.0 Å². The highest BCUT2D eigenvalue weighted by Crippen LogP contribution is 2.29. The number of likely N-dealkylation sites (N-methyl/N-ethyl adjacent to an activating group) is 2. The number of nitrogens with two attached hydrogens (primary N) is 1. The van der Waals surface area contributed by atoms with Gasteiger partial charge in [-0.3, -0.25) is 63.1 Å². The Morgan fingerprint density at radius 1 is 0.657 bits per heavy atom. The van der Waals surface area contributed by atoms with Gasteiger partial charge in [-0.15, -0.1) is 0 Å². The van der Waals surface area contributed by atoms with Gasteiger partial charge in [0.05, 0.1) is 49.2 Å². The van der Waals surface area contributed by atoms with E-state index >= 15 is 0 Å². The second kappa shape index (κ2) is 40.0. The number of carbonyl (C=O) groups is 12. The van der Waals surface area contributed by atoms with E-state index in [1.54, 1.807) is 67.7 Å². The molecular weight excluding hydrogens is 1270 g/mol. The molecule has 0 aliphatic carbocycles. The summed E-state index contributed by atoms with van der Waals surface area (Å²) in [5.74, 6) is -6.37. The average Bonchev–Trinajstić information content (AvgIpc) is 1.80. The van der Waals surface area contributed by atoms with Crippen molar-refractivity contribution < 1.29 is 72.5 Å². The summed E-state index contributed by atoms with van der Waals surface area (Å²) in [4.78, 5) is 163. The fourth-order valence-corrected chi connectivity index (χ4v) is 12.2. The van der Waals surface area contributed by atoms with Crippen LogP contribution in [0, 0.1) is 23.7 Å². The Bertz CT molecular complexity index is 3240. The molecular formula is C71H103N13O15. The number of ether oxygens (including phenoxy) is 1. The lowest BCUT2D eigenvalue weighted by Crippen LogP contribution is -2.59. The van der Waals surface area contributed by atoms with Crippen molar-refractivity contribution in [2.75, 3.05) is 63.3 Å². The van der Waals surface area contributed by atoms with Crippen molar-refractivity contribution in [1.29, 1.82) is 0 Å². The number of likely N-dealkylation sites (tertiary alicyclic amines) is 1. The molecule has 0 bridgehead atoms. The van der Waals surface area contributed by atoms with Gasteiger partial charge < -0.3 is 67.7 Å². The Labute approximate surface area is 580 Å². The first kappa shape index (κ1) is 80.4. The first-order valence-electron chi connectivity index (χ1n) is 34.1. The third-order valence-corrected chi connectivity index (χ3v) is 18.1. The van der Waals surface area contributed by atoms with Crippen LogP contribution < -0.4 is 48.3 Å². The quantitative estimate of drug-likeness (QED) is 0.0280. The first-order valence-corrected chi connectivity index (χ1v) is 34.1. The van der Waals surface area contributed by atoms with Crippen LogP contribution in [-0.4, -0.2) is 197 Å². The highest BCUT2D eigenvalue weighted by atomic mass is 16.5. The summed E-state index contributed by atoms with van der Waals surface area (Å²) in [6.45, 7) is 13.1. The van der Waals surface area contributed by atoms with Gasteiger partial charge in [0.15, 0.2) is 0 Å². The van der Waals surface area contributed by atoms with Crippen LogP contribution in [0.3, 0.4) is 0 Å². The summed E-state index contributed by atoms with van der Waals surface area (Å²) >= 11 is 0. The maximum absolute atomic E-state index is 14.4. The van der Waals surface area contributed by atoms with Crippen molar-refractivity contribution in [2.24, 2.45) is 29.4 Å². The molecule has 0 radical (unpaired) electrons. The number of primary amides is 1. The molecule has 2 aliphatic heterocycles. The molecule has 2 heterocycles. The van der Waals surface area contributed by atoms with E-state index in [0.717, 1.165) is 10.5 Å². The summed E-state index contributed by atoms with van der Waals surface area (Å²) in [6.07, 6.45) is 2.66. The maximum atomic E-state index is 14.4. The Hall–Kier alpha value is -9.28. The second-order valence-corrected chi connectivity index (χ2v) is 26.2. The highest BCUT2D eigenvalue weighted by molar-refractivity contribution is 6.13. The van der Waals surface area contributed by atoms with E-state index in [2.05, 4.69) is 42.5 Å². The molecule has 1 fully saturated rings. The molecule has 0 saturated carbocycles. The third-order valence-electron chi connectivity index (χ3n) is 18.1. The normalized spacial score (nSPS) is 16.6. The molecule has 28 nitrogen and oxygen atoms in total. The van der Waals surface area contributed by atoms with Gasteiger partial charge >= 0.3 is 12.1 Å². The number of urea groups is 1. The number of hydrogen-bond acceptors (Lipinski definition) is 16. The molecule has 2 aliphatic rings. The largest absolute Gasteiger partial charge is 0.444 e. The summed E-state index contributed by atoms with van der Waals surface area (Å²) in [7, 11) is 5.21. The minimum Gasteiger partial charge on any atom is -0.444 e. The van der Waals surface area contributed by atoms with Crippen molar-refractivity contribution in [3.8, 4) is 0 Å². The molecule has 13 amide bonds. The SMILES string of the molecule is CC[C@@H](C)[C@H](NC(=O)[C@H](C(C)C)N(C)C)C(=O)N(C)[C@H]([C@H](O)CC(=O)N1CCC[C@H]1[C@H](O)[C@@H](C)C(=O)N[C@@H](Cc1ccccc1)C(=O)Nc1ccc(NC(=O)OCc2ccc(NC(=O)[C@H](CCCNC(N)=O)NC(=O)CNC(=O)CCCCCN3C(=O)C=CC3=O)cc2)cc1)[C@@H](C)CC. The van der Waals surface area contributed by atoms with Crippen LogP contribution in [0.1, 0.15) is 130 Å². The number of nitrogens with one attached hydrogen (secondary N) is 8. The molecule has 1 saturated heterocycles. The number of carbonyl (C=O) groups excluding carboxylic acids is 12. The van der Waals surface area contributed by atoms with Gasteiger partial charge in [0.25, 0.3) is 11.8 Å². The number of hydrogen-bond donors (Lipinski definition) is 11. The molecule has 0 unspecified atom stereocenters. The number of anilines is 3. The van der Waals surface area contributed by atoms with Crippen molar-refractivity contribution in [2.45, 2.75) is 181 Å². The standard InChI is InChI=1S/C71H103N13O15/c1-11-44(5)61(80-68(95)62(43(3)4)81(8)9)69(96)82(10)63(45(6)12-2)55(85)40-60(90)83-38-20-24-54(83)64(91)46(7)65(92)79-53(39-47-21-15-13-16-22-47)67(94)76-50-30-32-51(33-31-50)77-71(98)99-42-48-26-28-49(29-27-48)75-66(93)52(23-19-36-73-70(72)97)78-57(87)41-74-56(86)25-17-14-18-37-84-58(88)34-35-59(84)89/h13,15-16,21-22,26-35,43-46,52-55,61-64,85,91H,11-12,14,17-20,23-25,36-42H2,1-10H3,(H,74,86)(H,75,93)(H,76,94)(H,77,98)(H,78,87)(H,79,92)(H,80,95)(H3,72,73,97)/t44-,45+,46-,52+,53+,54+,55-,61+,62+,63+,64-/m1/s1. The monoisotopic (exact) mass is 1380 g/mol. The molecule has 12 N–H and O–H groups in total. The Balaban J connectivity index is 1.12. The van der Waals surface area contributed by atoms with Crippen LogP contribution in [0.2, 0.25) is 0 Å². The number of aliphatic hydroxyl groups excluding tert-OH is 2. The zero-order valence-corrected chi connectivity index (χ0v) is 58.7. The Morgan fingerprint density at radius 2 is 1.25 bits per heavy atom. The fourth-order valence-electron chi connectivity index (χ4n) is 12.2. The van der Waals surface area contributed by atoms with Crippen LogP contribution in [-0.2, 0) is 65.7 Å². The topological polar surface area (TPSA) is 390 Å². The molecule has 11 atom stereocenters. The van der Waals surface area contributed by atoms with Gasteiger partial charge in [-0.05, 0) is 118 Å². The number of benzene rings is 3. The predicted molar refractivity (Wildman–Crippen MR) is 372 cm³/mol. The third kappa shape index (κ3) is 25.2. The Morgan fingerprint density at radius 3 is 1.84 bits per heavy atom. The molecule has 0 spiro atoms. The van der Waals surface area contributed by atoms with Crippen LogP contribution in [0.4, 0.5) is 26.7 Å². The average molecular weight is 1380 g/mol. The molecule has 0 aromatic heterocycles. The summed E-state index contributed by atoms with van der Waals surface area (Å²) in [5, 5.41) is 45.4. The summed E-state index contributed by atoms with van der Waals surface area (Å²) < 4.78 is 5.44. The number of aliphatic hydroxyl groups is 2. The van der Waals surface area contributed by atoms with E-state index in [-0.39, 0.29) is 99.7 Å². The molecule has 5 rings (SSSR count). The lowest BCUT2D eigenvalue weighted by molar-refractivity contribution is -0.146. The number of nitrogens with zero attached hydrogens (tertiary/aromatic N) is 4. The molecule has 28 heteroatoms. The fraction of sp³-hybridized carbons (Fsp3) is 0.549. The number of amides is 13. The number of rotatable bonds is 39. The van der Waals surface area contributed by atoms with E-state index in [1.807, 2.05) is 66.6 Å². The van der Waals surface area contributed by atoms with Crippen molar-refractivity contribution >= 4 is 88.3 Å². The van der Waals surface area contributed by atoms with Crippen molar-refractivity contribution in [1.82, 2.24) is 46.2 Å². The van der Waals surface area contributed by atoms with Gasteiger partial charge in [-0.2, -0.15) is 0 Å². The van der Waals surface area contributed by atoms with Crippen molar-refractivity contribution in [3.63, 3.8) is 0 Å². The van der Waals surface area contributed by atoms with Crippen LogP contribution >= 0.6 is 0 Å². The van der Waals surface area contributed by atoms with Gasteiger partial charge in [-0.25, -0.2) is 9.59 Å². The van der Waals surface area contributed by atoms with E-state index in [0.29, 0.717) is 67.6 Å².